The van der Waals surface area contributed by atoms with Crippen molar-refractivity contribution >= 4 is 53.1 Å². The molecule has 0 saturated carbocycles. The fraction of sp³-hybridized carbons (Fsp3) is 0.643. The largest absolute Gasteiger partial charge is 0.354 e. The number of hydrogen-bond donors (Lipinski definition) is 3. The molecule has 0 aliphatic carbocycles. The third-order valence-corrected chi connectivity index (χ3v) is 3.51. The molecule has 0 aliphatic rings. The van der Waals surface area contributed by atoms with E-state index >= 15 is 0 Å². The van der Waals surface area contributed by atoms with E-state index in [1.807, 2.05) is 13.8 Å². The molecule has 1 aromatic rings. The van der Waals surface area contributed by atoms with Crippen LogP contribution in [0.2, 0.25) is 0 Å². The number of thiazole rings is 1. The number of carbonyl (C=O) groups is 2. The molecule has 0 atom stereocenters. The molecule has 0 fully saturated rings. The summed E-state index contributed by atoms with van der Waals surface area (Å²) in [7, 11) is 0. The van der Waals surface area contributed by atoms with E-state index in [0.29, 0.717) is 17.4 Å². The summed E-state index contributed by atoms with van der Waals surface area (Å²) >= 11 is 1.34. The highest BCUT2D eigenvalue weighted by molar-refractivity contribution is 7.13. The van der Waals surface area contributed by atoms with Gasteiger partial charge < -0.3 is 16.0 Å². The Hall–Kier alpha value is -0.890. The van der Waals surface area contributed by atoms with Gasteiger partial charge in [0.15, 0.2) is 5.13 Å². The first kappa shape index (κ1) is 24.4. The van der Waals surface area contributed by atoms with Crippen molar-refractivity contribution in [2.75, 3.05) is 25.0 Å². The van der Waals surface area contributed by atoms with E-state index in [1.165, 1.54) is 11.3 Å². The minimum Gasteiger partial charge on any atom is -0.354 e. The summed E-state index contributed by atoms with van der Waals surface area (Å²) in [5, 5.41) is 11.1. The molecule has 0 aliphatic heterocycles. The maximum absolute atomic E-state index is 11.7. The van der Waals surface area contributed by atoms with Crippen molar-refractivity contribution in [3.05, 3.63) is 11.1 Å². The van der Waals surface area contributed by atoms with Crippen molar-refractivity contribution in [3.63, 3.8) is 0 Å². The summed E-state index contributed by atoms with van der Waals surface area (Å²) in [4.78, 5) is 27.5. The van der Waals surface area contributed by atoms with Gasteiger partial charge in [-0.2, -0.15) is 0 Å². The predicted molar refractivity (Wildman–Crippen MR) is 100.0 cm³/mol. The van der Waals surface area contributed by atoms with Crippen LogP contribution in [0, 0.1) is 5.92 Å². The van der Waals surface area contributed by atoms with Crippen LogP contribution in [0.4, 0.5) is 5.13 Å². The molecule has 1 rings (SSSR count). The SMILES string of the molecule is CCCNCCNC(=O)Cc1csc(NC(=O)C(C)C)n1.Cl.Cl. The van der Waals surface area contributed by atoms with E-state index < -0.39 is 0 Å². The Balaban J connectivity index is 0. The molecule has 0 bridgehead atoms. The van der Waals surface area contributed by atoms with Gasteiger partial charge in [-0.25, -0.2) is 4.98 Å². The molecule has 9 heteroatoms. The summed E-state index contributed by atoms with van der Waals surface area (Å²) in [6.07, 6.45) is 1.32. The van der Waals surface area contributed by atoms with Crippen LogP contribution in [0.5, 0.6) is 0 Å². The zero-order chi connectivity index (χ0) is 15.7. The number of nitrogens with one attached hydrogen (secondary N) is 3. The third kappa shape index (κ3) is 10.5. The maximum atomic E-state index is 11.7. The van der Waals surface area contributed by atoms with Gasteiger partial charge in [0.05, 0.1) is 12.1 Å². The first-order chi connectivity index (χ1) is 10.0. The van der Waals surface area contributed by atoms with Crippen LogP contribution in [-0.2, 0) is 16.0 Å². The average molecular weight is 385 g/mol. The molecule has 23 heavy (non-hydrogen) atoms. The van der Waals surface area contributed by atoms with Gasteiger partial charge >= 0.3 is 0 Å². The van der Waals surface area contributed by atoms with Gasteiger partial charge in [-0.3, -0.25) is 9.59 Å². The highest BCUT2D eigenvalue weighted by atomic mass is 35.5. The third-order valence-electron chi connectivity index (χ3n) is 2.70. The number of aromatic nitrogens is 1. The van der Waals surface area contributed by atoms with E-state index in [-0.39, 0.29) is 49.0 Å². The van der Waals surface area contributed by atoms with Crippen LogP contribution in [0.15, 0.2) is 5.38 Å². The van der Waals surface area contributed by atoms with E-state index in [0.717, 1.165) is 19.5 Å². The molecule has 0 unspecified atom stereocenters. The summed E-state index contributed by atoms with van der Waals surface area (Å²) in [6, 6.07) is 0. The lowest BCUT2D eigenvalue weighted by atomic mass is 10.2. The van der Waals surface area contributed by atoms with Gasteiger partial charge in [-0.15, -0.1) is 36.2 Å². The average Bonchev–Trinajstić information content (AvgIpc) is 2.85. The Bertz CT molecular complexity index is 469. The quantitative estimate of drug-likeness (QED) is 0.570. The molecule has 6 nitrogen and oxygen atoms in total. The second kappa shape index (κ2) is 13.5. The minimum absolute atomic E-state index is 0. The van der Waals surface area contributed by atoms with Gasteiger partial charge in [0.25, 0.3) is 0 Å². The normalized spacial score (nSPS) is 9.74. The second-order valence-electron chi connectivity index (χ2n) is 5.06. The van der Waals surface area contributed by atoms with Crippen molar-refractivity contribution in [1.82, 2.24) is 15.6 Å². The van der Waals surface area contributed by atoms with Gasteiger partial charge in [0.1, 0.15) is 0 Å². The molecule has 1 aromatic heterocycles. The van der Waals surface area contributed by atoms with Crippen molar-refractivity contribution in [3.8, 4) is 0 Å². The zero-order valence-electron chi connectivity index (χ0n) is 13.7. The molecule has 0 radical (unpaired) electrons. The number of anilines is 1. The molecule has 3 N–H and O–H groups in total. The van der Waals surface area contributed by atoms with Crippen molar-refractivity contribution < 1.29 is 9.59 Å². The second-order valence-corrected chi connectivity index (χ2v) is 5.92. The van der Waals surface area contributed by atoms with Crippen LogP contribution >= 0.6 is 36.2 Å². The fourth-order valence-electron chi connectivity index (χ4n) is 1.51. The Kier molecular flexibility index (Phi) is 14.3. The first-order valence-electron chi connectivity index (χ1n) is 7.25. The highest BCUT2D eigenvalue weighted by Gasteiger charge is 2.11. The summed E-state index contributed by atoms with van der Waals surface area (Å²) < 4.78 is 0. The van der Waals surface area contributed by atoms with Gasteiger partial charge in [0, 0.05) is 24.4 Å². The first-order valence-corrected chi connectivity index (χ1v) is 8.13. The smallest absolute Gasteiger partial charge is 0.228 e. The molecule has 0 aromatic carbocycles. The molecule has 1 heterocycles. The zero-order valence-corrected chi connectivity index (χ0v) is 16.1. The lowest BCUT2D eigenvalue weighted by Gasteiger charge is -2.05. The number of carbonyl (C=O) groups excluding carboxylic acids is 2. The highest BCUT2D eigenvalue weighted by Crippen LogP contribution is 2.16. The molecule has 0 spiro atoms. The number of halogens is 2. The maximum Gasteiger partial charge on any atom is 0.228 e. The Morgan fingerprint density at radius 2 is 1.91 bits per heavy atom. The van der Waals surface area contributed by atoms with Crippen LogP contribution in [-0.4, -0.2) is 36.4 Å². The van der Waals surface area contributed by atoms with Gasteiger partial charge in [-0.05, 0) is 13.0 Å². The lowest BCUT2D eigenvalue weighted by molar-refractivity contribution is -0.120. The molecule has 0 saturated heterocycles. The van der Waals surface area contributed by atoms with Gasteiger partial charge in [-0.1, -0.05) is 20.8 Å². The Morgan fingerprint density at radius 1 is 1.22 bits per heavy atom. The van der Waals surface area contributed by atoms with Crippen molar-refractivity contribution in [1.29, 1.82) is 0 Å². The number of rotatable bonds is 9. The number of hydrogen-bond acceptors (Lipinski definition) is 5. The molecular weight excluding hydrogens is 359 g/mol. The number of amides is 2. The van der Waals surface area contributed by atoms with Crippen LogP contribution in [0.1, 0.15) is 32.9 Å². The Labute approximate surface area is 154 Å². The van der Waals surface area contributed by atoms with Crippen LogP contribution in [0.3, 0.4) is 0 Å². The van der Waals surface area contributed by atoms with Gasteiger partial charge in [0.2, 0.25) is 11.8 Å². The summed E-state index contributed by atoms with van der Waals surface area (Å²) in [5.74, 6) is -0.209. The molecular formula is C14H26Cl2N4O2S. The van der Waals surface area contributed by atoms with E-state index in [9.17, 15) is 9.59 Å². The van der Waals surface area contributed by atoms with E-state index in [1.54, 1.807) is 5.38 Å². The van der Waals surface area contributed by atoms with Crippen molar-refractivity contribution in [2.45, 2.75) is 33.6 Å². The van der Waals surface area contributed by atoms with E-state index in [4.69, 9.17) is 0 Å². The van der Waals surface area contributed by atoms with E-state index in [2.05, 4.69) is 27.9 Å². The standard InChI is InChI=1S/C14H24N4O2S.2ClH/c1-4-5-15-6-7-16-12(19)8-11-9-21-14(17-11)18-13(20)10(2)3;;/h9-10,15H,4-8H2,1-3H3,(H,16,19)(H,17,18,20);2*1H. The minimum atomic E-state index is -0.0868. The van der Waals surface area contributed by atoms with Crippen LogP contribution in [0.25, 0.3) is 0 Å². The van der Waals surface area contributed by atoms with Crippen LogP contribution < -0.4 is 16.0 Å². The summed E-state index contributed by atoms with van der Waals surface area (Å²) in [5.41, 5.74) is 0.679. The Morgan fingerprint density at radius 3 is 2.52 bits per heavy atom. The lowest BCUT2D eigenvalue weighted by Crippen LogP contribution is -2.33. The summed E-state index contributed by atoms with van der Waals surface area (Å²) in [6.45, 7) is 8.09. The molecule has 2 amide bonds. The fourth-order valence-corrected chi connectivity index (χ4v) is 2.23. The topological polar surface area (TPSA) is 83.1 Å². The number of nitrogens with zero attached hydrogens (tertiary/aromatic N) is 1. The predicted octanol–water partition coefficient (Wildman–Crippen LogP) is 2.24. The van der Waals surface area contributed by atoms with Crippen molar-refractivity contribution in [2.24, 2.45) is 5.92 Å². The molecule has 134 valence electrons. The monoisotopic (exact) mass is 384 g/mol.